The van der Waals surface area contributed by atoms with Crippen molar-refractivity contribution in [3.05, 3.63) is 0 Å². The second-order valence-corrected chi connectivity index (χ2v) is 8.60. The van der Waals surface area contributed by atoms with Crippen LogP contribution < -0.4 is 11.1 Å². The lowest BCUT2D eigenvalue weighted by molar-refractivity contribution is -0.136. The second-order valence-electron chi connectivity index (χ2n) is 8.60. The average Bonchev–Trinajstić information content (AvgIpc) is 2.41. The fraction of sp³-hybridized carbons (Fsp3) is 0.882. The molecule has 23 heavy (non-hydrogen) atoms. The summed E-state index contributed by atoms with van der Waals surface area (Å²) in [5.41, 5.74) is 5.48. The molecule has 2 amide bonds. The van der Waals surface area contributed by atoms with Crippen LogP contribution >= 0.6 is 12.4 Å². The largest absolute Gasteiger partial charge is 0.355 e. The van der Waals surface area contributed by atoms with Gasteiger partial charge in [0, 0.05) is 25.0 Å². The van der Waals surface area contributed by atoms with Gasteiger partial charge in [0.15, 0.2) is 0 Å². The number of hydrogen-bond donors (Lipinski definition) is 2. The van der Waals surface area contributed by atoms with Crippen LogP contribution in [0.5, 0.6) is 0 Å². The zero-order valence-corrected chi connectivity index (χ0v) is 16.3. The summed E-state index contributed by atoms with van der Waals surface area (Å²) < 4.78 is 0. The van der Waals surface area contributed by atoms with E-state index in [0.717, 1.165) is 19.4 Å². The van der Waals surface area contributed by atoms with Crippen LogP contribution in [-0.2, 0) is 9.59 Å². The molecule has 1 saturated heterocycles. The van der Waals surface area contributed by atoms with Crippen LogP contribution in [-0.4, -0.2) is 42.4 Å². The molecule has 0 spiro atoms. The van der Waals surface area contributed by atoms with E-state index in [1.54, 1.807) is 0 Å². The second kappa shape index (κ2) is 8.34. The number of nitrogens with one attached hydrogen (secondary N) is 1. The normalized spacial score (nSPS) is 20.5. The van der Waals surface area contributed by atoms with Crippen molar-refractivity contribution in [2.24, 2.45) is 22.5 Å². The summed E-state index contributed by atoms with van der Waals surface area (Å²) in [5, 5.41) is 3.00. The molecule has 0 aromatic rings. The lowest BCUT2D eigenvalue weighted by atomic mass is 9.85. The third-order valence-electron chi connectivity index (χ3n) is 4.26. The van der Waals surface area contributed by atoms with E-state index in [1.165, 1.54) is 0 Å². The monoisotopic (exact) mass is 347 g/mol. The number of amides is 2. The Bertz CT molecular complexity index is 413. The summed E-state index contributed by atoms with van der Waals surface area (Å²) in [5.74, 6) is 0.401. The van der Waals surface area contributed by atoms with Gasteiger partial charge in [0.2, 0.25) is 11.8 Å². The zero-order valence-electron chi connectivity index (χ0n) is 15.4. The number of carbonyl (C=O) groups is 2. The van der Waals surface area contributed by atoms with Crippen LogP contribution in [0.25, 0.3) is 0 Å². The molecule has 1 rings (SSSR count). The molecule has 6 heteroatoms. The quantitative estimate of drug-likeness (QED) is 0.821. The number of carbonyl (C=O) groups excluding carboxylic acids is 2. The van der Waals surface area contributed by atoms with Crippen molar-refractivity contribution in [3.63, 3.8) is 0 Å². The number of nitrogens with two attached hydrogens (primary N) is 1. The third-order valence-corrected chi connectivity index (χ3v) is 4.26. The molecular weight excluding hydrogens is 314 g/mol. The van der Waals surface area contributed by atoms with Crippen molar-refractivity contribution in [2.75, 3.05) is 19.6 Å². The van der Waals surface area contributed by atoms with Crippen LogP contribution in [0.4, 0.5) is 0 Å². The standard InChI is InChI=1S/C17H33N3O2.ClH/c1-16(2,3)13(18)14(21)20-9-7-8-12(11-20)10-19-15(22)17(4,5)6;/h12-13H,7-11,18H2,1-6H3,(H,19,22);1H/t12?,13-;/m1./s1. The van der Waals surface area contributed by atoms with Crippen molar-refractivity contribution in [1.29, 1.82) is 0 Å². The fourth-order valence-electron chi connectivity index (χ4n) is 2.50. The zero-order chi connectivity index (χ0) is 17.1. The van der Waals surface area contributed by atoms with Gasteiger partial charge in [-0.1, -0.05) is 41.5 Å². The van der Waals surface area contributed by atoms with Gasteiger partial charge in [0.05, 0.1) is 6.04 Å². The maximum Gasteiger partial charge on any atom is 0.240 e. The van der Waals surface area contributed by atoms with Gasteiger partial charge < -0.3 is 16.0 Å². The summed E-state index contributed by atoms with van der Waals surface area (Å²) in [6.45, 7) is 13.8. The molecule has 1 unspecified atom stereocenters. The Kier molecular flexibility index (Phi) is 8.04. The predicted molar refractivity (Wildman–Crippen MR) is 96.4 cm³/mol. The van der Waals surface area contributed by atoms with Crippen molar-refractivity contribution in [1.82, 2.24) is 10.2 Å². The van der Waals surface area contributed by atoms with Crippen molar-refractivity contribution >= 4 is 24.2 Å². The number of rotatable bonds is 3. The first-order chi connectivity index (χ1) is 9.93. The smallest absolute Gasteiger partial charge is 0.240 e. The highest BCUT2D eigenvalue weighted by Gasteiger charge is 2.33. The molecule has 0 aliphatic carbocycles. The first kappa shape index (κ1) is 22.2. The molecule has 2 atom stereocenters. The molecular formula is C17H34ClN3O2. The van der Waals surface area contributed by atoms with Crippen LogP contribution in [0.3, 0.4) is 0 Å². The minimum Gasteiger partial charge on any atom is -0.355 e. The lowest BCUT2D eigenvalue weighted by Crippen LogP contribution is -2.54. The Balaban J connectivity index is 0.00000484. The van der Waals surface area contributed by atoms with Crippen LogP contribution in [0.2, 0.25) is 0 Å². The Morgan fingerprint density at radius 1 is 1.22 bits per heavy atom. The summed E-state index contributed by atoms with van der Waals surface area (Å²) in [6.07, 6.45) is 2.01. The SMILES string of the molecule is CC(C)(C)C(=O)NCC1CCCN(C(=O)[C@@H](N)C(C)(C)C)C1.Cl. The van der Waals surface area contributed by atoms with Gasteiger partial charge in [-0.3, -0.25) is 9.59 Å². The molecule has 5 nitrogen and oxygen atoms in total. The van der Waals surface area contributed by atoms with Gasteiger partial charge in [-0.15, -0.1) is 12.4 Å². The molecule has 0 saturated carbocycles. The Morgan fingerprint density at radius 2 is 1.78 bits per heavy atom. The van der Waals surface area contributed by atoms with E-state index in [1.807, 2.05) is 46.4 Å². The van der Waals surface area contributed by atoms with Gasteiger partial charge in [0.25, 0.3) is 0 Å². The molecule has 0 bridgehead atoms. The van der Waals surface area contributed by atoms with Gasteiger partial charge in [-0.05, 0) is 24.2 Å². The van der Waals surface area contributed by atoms with E-state index in [2.05, 4.69) is 5.32 Å². The predicted octanol–water partition coefficient (Wildman–Crippen LogP) is 2.18. The van der Waals surface area contributed by atoms with Crippen LogP contribution in [0, 0.1) is 16.7 Å². The summed E-state index contributed by atoms with van der Waals surface area (Å²) in [7, 11) is 0. The maximum atomic E-state index is 12.5. The Hall–Kier alpha value is -0.810. The van der Waals surface area contributed by atoms with Gasteiger partial charge in [-0.2, -0.15) is 0 Å². The topological polar surface area (TPSA) is 75.4 Å². The molecule has 1 fully saturated rings. The highest BCUT2D eigenvalue weighted by molar-refractivity contribution is 5.85. The van der Waals surface area contributed by atoms with E-state index in [9.17, 15) is 9.59 Å². The number of nitrogens with zero attached hydrogens (tertiary/aromatic N) is 1. The highest BCUT2D eigenvalue weighted by atomic mass is 35.5. The van der Waals surface area contributed by atoms with Gasteiger partial charge in [-0.25, -0.2) is 0 Å². The van der Waals surface area contributed by atoms with Crippen molar-refractivity contribution in [2.45, 2.75) is 60.4 Å². The first-order valence-corrected chi connectivity index (χ1v) is 8.25. The van der Waals surface area contributed by atoms with Gasteiger partial charge >= 0.3 is 0 Å². The molecule has 1 heterocycles. The molecule has 3 N–H and O–H groups in total. The molecule has 0 radical (unpaired) electrons. The number of halogens is 1. The summed E-state index contributed by atoms with van der Waals surface area (Å²) in [4.78, 5) is 26.3. The fourth-order valence-corrected chi connectivity index (χ4v) is 2.50. The Morgan fingerprint density at radius 3 is 2.26 bits per heavy atom. The first-order valence-electron chi connectivity index (χ1n) is 8.25. The molecule has 1 aliphatic rings. The highest BCUT2D eigenvalue weighted by Crippen LogP contribution is 2.23. The minimum absolute atomic E-state index is 0. The molecule has 0 aromatic heterocycles. The van der Waals surface area contributed by atoms with E-state index in [-0.39, 0.29) is 35.1 Å². The van der Waals surface area contributed by atoms with E-state index in [4.69, 9.17) is 5.73 Å². The number of hydrogen-bond acceptors (Lipinski definition) is 3. The van der Waals surface area contributed by atoms with Crippen LogP contribution in [0.15, 0.2) is 0 Å². The Labute approximate surface area is 147 Å². The van der Waals surface area contributed by atoms with E-state index >= 15 is 0 Å². The van der Waals surface area contributed by atoms with E-state index in [0.29, 0.717) is 19.0 Å². The number of likely N-dealkylation sites (tertiary alicyclic amines) is 1. The maximum absolute atomic E-state index is 12.5. The molecule has 136 valence electrons. The van der Waals surface area contributed by atoms with Crippen molar-refractivity contribution < 1.29 is 9.59 Å². The lowest BCUT2D eigenvalue weighted by Gasteiger charge is -2.37. The number of piperidine rings is 1. The minimum atomic E-state index is -0.476. The summed E-state index contributed by atoms with van der Waals surface area (Å²) >= 11 is 0. The summed E-state index contributed by atoms with van der Waals surface area (Å²) in [6, 6.07) is -0.476. The molecule has 1 aliphatic heterocycles. The van der Waals surface area contributed by atoms with Crippen molar-refractivity contribution in [3.8, 4) is 0 Å². The van der Waals surface area contributed by atoms with E-state index < -0.39 is 6.04 Å². The van der Waals surface area contributed by atoms with Crippen LogP contribution in [0.1, 0.15) is 54.4 Å². The molecule has 0 aromatic carbocycles. The third kappa shape index (κ3) is 6.68. The van der Waals surface area contributed by atoms with Gasteiger partial charge in [0.1, 0.15) is 0 Å². The average molecular weight is 348 g/mol.